The molecular formula is C16H17NO. The molecule has 0 spiro atoms. The molecule has 2 aromatic carbocycles. The third-order valence-corrected chi connectivity index (χ3v) is 3.52. The highest BCUT2D eigenvalue weighted by molar-refractivity contribution is 5.70. The van der Waals surface area contributed by atoms with Crippen LogP contribution in [0.2, 0.25) is 0 Å². The van der Waals surface area contributed by atoms with Gasteiger partial charge in [-0.3, -0.25) is 0 Å². The number of fused-ring (bicyclic) bond motifs is 1. The summed E-state index contributed by atoms with van der Waals surface area (Å²) in [7, 11) is 1.71. The van der Waals surface area contributed by atoms with Crippen LogP contribution in [0.5, 0.6) is 5.75 Å². The van der Waals surface area contributed by atoms with Gasteiger partial charge in [0.25, 0.3) is 0 Å². The Labute approximate surface area is 108 Å². The minimum absolute atomic E-state index is 0.916. The number of methoxy groups -OCH3 is 1. The van der Waals surface area contributed by atoms with Crippen LogP contribution in [0.1, 0.15) is 11.1 Å². The molecule has 18 heavy (non-hydrogen) atoms. The molecule has 0 aliphatic carbocycles. The molecule has 1 aliphatic rings. The van der Waals surface area contributed by atoms with Crippen molar-refractivity contribution < 1.29 is 4.74 Å². The van der Waals surface area contributed by atoms with Crippen LogP contribution in [0, 0.1) is 0 Å². The Bertz CT molecular complexity index is 563. The Morgan fingerprint density at radius 1 is 1.11 bits per heavy atom. The molecule has 2 aromatic rings. The van der Waals surface area contributed by atoms with Crippen LogP contribution >= 0.6 is 0 Å². The van der Waals surface area contributed by atoms with Crippen molar-refractivity contribution in [2.24, 2.45) is 0 Å². The van der Waals surface area contributed by atoms with Crippen molar-refractivity contribution in [1.82, 2.24) is 5.32 Å². The Hall–Kier alpha value is -1.80. The molecule has 0 aromatic heterocycles. The number of rotatable bonds is 2. The van der Waals surface area contributed by atoms with Crippen molar-refractivity contribution >= 4 is 0 Å². The Morgan fingerprint density at radius 3 is 2.89 bits per heavy atom. The quantitative estimate of drug-likeness (QED) is 0.869. The fraction of sp³-hybridized carbons (Fsp3) is 0.250. The zero-order valence-electron chi connectivity index (χ0n) is 10.6. The van der Waals surface area contributed by atoms with E-state index in [2.05, 4.69) is 41.7 Å². The van der Waals surface area contributed by atoms with E-state index in [0.717, 1.165) is 25.3 Å². The average molecular weight is 239 g/mol. The van der Waals surface area contributed by atoms with Gasteiger partial charge < -0.3 is 10.1 Å². The van der Waals surface area contributed by atoms with E-state index >= 15 is 0 Å². The van der Waals surface area contributed by atoms with Gasteiger partial charge in [-0.2, -0.15) is 0 Å². The Morgan fingerprint density at radius 2 is 2.00 bits per heavy atom. The zero-order chi connectivity index (χ0) is 12.4. The topological polar surface area (TPSA) is 21.3 Å². The second-order valence-electron chi connectivity index (χ2n) is 4.60. The van der Waals surface area contributed by atoms with Gasteiger partial charge in [0, 0.05) is 6.54 Å². The third-order valence-electron chi connectivity index (χ3n) is 3.52. The van der Waals surface area contributed by atoms with Gasteiger partial charge in [0.2, 0.25) is 0 Å². The lowest BCUT2D eigenvalue weighted by Gasteiger charge is -2.20. The predicted octanol–water partition coefficient (Wildman–Crippen LogP) is 3.01. The van der Waals surface area contributed by atoms with Gasteiger partial charge in [-0.05, 0) is 47.4 Å². The number of ether oxygens (including phenoxy) is 1. The van der Waals surface area contributed by atoms with E-state index < -0.39 is 0 Å². The lowest BCUT2D eigenvalue weighted by atomic mass is 9.91. The molecule has 3 rings (SSSR count). The molecule has 2 nitrogen and oxygen atoms in total. The zero-order valence-corrected chi connectivity index (χ0v) is 10.6. The highest BCUT2D eigenvalue weighted by Gasteiger charge is 2.13. The maximum atomic E-state index is 5.31. The second-order valence-corrected chi connectivity index (χ2v) is 4.60. The van der Waals surface area contributed by atoms with Crippen LogP contribution in [0.3, 0.4) is 0 Å². The summed E-state index contributed by atoms with van der Waals surface area (Å²) in [6.45, 7) is 2.04. The van der Waals surface area contributed by atoms with E-state index in [9.17, 15) is 0 Å². The first-order chi connectivity index (χ1) is 8.88. The number of hydrogen-bond donors (Lipinski definition) is 1. The van der Waals surface area contributed by atoms with Crippen LogP contribution in [-0.4, -0.2) is 13.7 Å². The van der Waals surface area contributed by atoms with Gasteiger partial charge in [-0.25, -0.2) is 0 Å². The second kappa shape index (κ2) is 4.83. The molecule has 0 radical (unpaired) electrons. The summed E-state index contributed by atoms with van der Waals surface area (Å²) in [5, 5.41) is 3.42. The average Bonchev–Trinajstić information content (AvgIpc) is 2.47. The summed E-state index contributed by atoms with van der Waals surface area (Å²) in [5.74, 6) is 0.916. The van der Waals surface area contributed by atoms with Crippen LogP contribution in [-0.2, 0) is 13.0 Å². The van der Waals surface area contributed by atoms with E-state index in [-0.39, 0.29) is 0 Å². The highest BCUT2D eigenvalue weighted by Crippen LogP contribution is 2.30. The van der Waals surface area contributed by atoms with E-state index in [1.54, 1.807) is 7.11 Å². The van der Waals surface area contributed by atoms with Crippen LogP contribution < -0.4 is 10.1 Å². The standard InChI is InChI=1S/C16H17NO/c1-18-14-6-2-4-12(10-14)15-7-3-5-13-11-17-9-8-16(13)15/h2-7,10,17H,8-9,11H2,1H3. The molecule has 0 atom stereocenters. The first-order valence-electron chi connectivity index (χ1n) is 6.34. The maximum Gasteiger partial charge on any atom is 0.119 e. The summed E-state index contributed by atoms with van der Waals surface area (Å²) < 4.78 is 5.31. The van der Waals surface area contributed by atoms with Crippen LogP contribution in [0.15, 0.2) is 42.5 Å². The molecule has 0 amide bonds. The van der Waals surface area contributed by atoms with E-state index in [1.807, 2.05) is 6.07 Å². The minimum atomic E-state index is 0.916. The van der Waals surface area contributed by atoms with Gasteiger partial charge in [0.05, 0.1) is 7.11 Å². The van der Waals surface area contributed by atoms with Crippen LogP contribution in [0.25, 0.3) is 11.1 Å². The lowest BCUT2D eigenvalue weighted by Crippen LogP contribution is -2.23. The highest BCUT2D eigenvalue weighted by atomic mass is 16.5. The van der Waals surface area contributed by atoms with E-state index in [1.165, 1.54) is 22.3 Å². The van der Waals surface area contributed by atoms with Gasteiger partial charge in [0.1, 0.15) is 5.75 Å². The summed E-state index contributed by atoms with van der Waals surface area (Å²) in [6, 6.07) is 14.9. The van der Waals surface area contributed by atoms with Crippen molar-refractivity contribution in [3.8, 4) is 16.9 Å². The summed E-state index contributed by atoms with van der Waals surface area (Å²) >= 11 is 0. The predicted molar refractivity (Wildman–Crippen MR) is 73.8 cm³/mol. The molecule has 1 N–H and O–H groups in total. The van der Waals surface area contributed by atoms with Crippen molar-refractivity contribution in [3.63, 3.8) is 0 Å². The van der Waals surface area contributed by atoms with Gasteiger partial charge >= 0.3 is 0 Å². The molecule has 0 saturated heterocycles. The molecule has 1 heterocycles. The van der Waals surface area contributed by atoms with Crippen molar-refractivity contribution in [1.29, 1.82) is 0 Å². The number of nitrogens with one attached hydrogen (secondary N) is 1. The smallest absolute Gasteiger partial charge is 0.119 e. The number of hydrogen-bond acceptors (Lipinski definition) is 2. The maximum absolute atomic E-state index is 5.31. The van der Waals surface area contributed by atoms with Gasteiger partial charge in [-0.1, -0.05) is 30.3 Å². The molecule has 1 aliphatic heterocycles. The molecule has 0 fully saturated rings. The van der Waals surface area contributed by atoms with Crippen molar-refractivity contribution in [2.75, 3.05) is 13.7 Å². The molecular weight excluding hydrogens is 222 g/mol. The summed E-state index contributed by atoms with van der Waals surface area (Å²) in [4.78, 5) is 0. The number of benzene rings is 2. The molecule has 2 heteroatoms. The summed E-state index contributed by atoms with van der Waals surface area (Å²) in [6.07, 6.45) is 1.10. The normalized spacial score (nSPS) is 14.1. The largest absolute Gasteiger partial charge is 0.497 e. The molecule has 0 saturated carbocycles. The van der Waals surface area contributed by atoms with Gasteiger partial charge in [0.15, 0.2) is 0 Å². The molecule has 92 valence electrons. The lowest BCUT2D eigenvalue weighted by molar-refractivity contribution is 0.415. The van der Waals surface area contributed by atoms with Crippen molar-refractivity contribution in [2.45, 2.75) is 13.0 Å². The SMILES string of the molecule is COc1cccc(-c2cccc3c2CCNC3)c1. The fourth-order valence-corrected chi connectivity index (χ4v) is 2.59. The Kier molecular flexibility index (Phi) is 3.03. The van der Waals surface area contributed by atoms with Crippen LogP contribution in [0.4, 0.5) is 0 Å². The molecule has 0 bridgehead atoms. The van der Waals surface area contributed by atoms with Gasteiger partial charge in [-0.15, -0.1) is 0 Å². The summed E-state index contributed by atoms with van der Waals surface area (Å²) in [5.41, 5.74) is 5.48. The Balaban J connectivity index is 2.10. The molecule has 0 unspecified atom stereocenters. The monoisotopic (exact) mass is 239 g/mol. The minimum Gasteiger partial charge on any atom is -0.497 e. The third kappa shape index (κ3) is 2.00. The first kappa shape index (κ1) is 11.3. The fourth-order valence-electron chi connectivity index (χ4n) is 2.59. The van der Waals surface area contributed by atoms with Crippen molar-refractivity contribution in [3.05, 3.63) is 53.6 Å². The van der Waals surface area contributed by atoms with E-state index in [0.29, 0.717) is 0 Å². The van der Waals surface area contributed by atoms with E-state index in [4.69, 9.17) is 4.74 Å². The first-order valence-corrected chi connectivity index (χ1v) is 6.34.